The highest BCUT2D eigenvalue weighted by Gasteiger charge is 2.13. The molecule has 7 nitrogen and oxygen atoms in total. The van der Waals surface area contributed by atoms with Crippen molar-refractivity contribution >= 4 is 51.4 Å². The van der Waals surface area contributed by atoms with Crippen LogP contribution in [-0.4, -0.2) is 35.9 Å². The van der Waals surface area contributed by atoms with Crippen molar-refractivity contribution < 1.29 is 19.1 Å². The van der Waals surface area contributed by atoms with Gasteiger partial charge in [0.2, 0.25) is 0 Å². The number of nitrogens with zero attached hydrogens (tertiary/aromatic N) is 2. The quantitative estimate of drug-likeness (QED) is 0.122. The lowest BCUT2D eigenvalue weighted by molar-refractivity contribution is -0.118. The number of hydrogen-bond acceptors (Lipinski definition) is 8. The number of ether oxygens (including phenoxy) is 2. The summed E-state index contributed by atoms with van der Waals surface area (Å²) in [5.74, 6) is 0.159. The molecule has 0 bridgehead atoms. The average Bonchev–Trinajstić information content (AvgIpc) is 3.27. The van der Waals surface area contributed by atoms with E-state index in [2.05, 4.69) is 15.5 Å². The van der Waals surface area contributed by atoms with Gasteiger partial charge in [0.1, 0.15) is 0 Å². The molecule has 0 aliphatic heterocycles. The minimum absolute atomic E-state index is 0.203. The van der Waals surface area contributed by atoms with Gasteiger partial charge in [-0.3, -0.25) is 4.79 Å². The first-order valence-electron chi connectivity index (χ1n) is 10.3. The molecule has 0 unspecified atom stereocenters. The van der Waals surface area contributed by atoms with Crippen LogP contribution in [0.5, 0.6) is 11.5 Å². The largest absolute Gasteiger partial charge is 0.493 e. The van der Waals surface area contributed by atoms with Gasteiger partial charge in [-0.15, -0.1) is 11.3 Å². The molecular weight excluding hydrogens is 470 g/mol. The van der Waals surface area contributed by atoms with Crippen molar-refractivity contribution in [3.8, 4) is 11.5 Å². The third-order valence-electron chi connectivity index (χ3n) is 4.68. The van der Waals surface area contributed by atoms with Crippen LogP contribution in [0.25, 0.3) is 10.2 Å². The number of aromatic nitrogens is 1. The van der Waals surface area contributed by atoms with Gasteiger partial charge in [-0.25, -0.2) is 15.2 Å². The molecule has 0 spiro atoms. The van der Waals surface area contributed by atoms with E-state index in [1.54, 1.807) is 41.7 Å². The summed E-state index contributed by atoms with van der Waals surface area (Å²) in [5.41, 5.74) is 5.61. The first-order valence-corrected chi connectivity index (χ1v) is 12.1. The Hall–Kier alpha value is -3.69. The summed E-state index contributed by atoms with van der Waals surface area (Å²) in [6.45, 7) is 1.95. The Kier molecular flexibility index (Phi) is 7.56. The molecule has 172 valence electrons. The zero-order valence-corrected chi connectivity index (χ0v) is 20.1. The Morgan fingerprint density at radius 1 is 1.09 bits per heavy atom. The van der Waals surface area contributed by atoms with Gasteiger partial charge in [0.25, 0.3) is 5.91 Å². The van der Waals surface area contributed by atoms with Crippen LogP contribution in [0.3, 0.4) is 0 Å². The highest BCUT2D eigenvalue weighted by molar-refractivity contribution is 8.01. The topological polar surface area (TPSA) is 89.9 Å². The molecule has 0 aliphatic rings. The normalized spacial score (nSPS) is 11.0. The predicted octanol–water partition coefficient (Wildman–Crippen LogP) is 5.07. The maximum atomic E-state index is 12.4. The number of amides is 1. The molecule has 1 heterocycles. The van der Waals surface area contributed by atoms with Crippen molar-refractivity contribution in [2.24, 2.45) is 5.10 Å². The molecule has 4 rings (SSSR count). The number of esters is 1. The fourth-order valence-corrected chi connectivity index (χ4v) is 4.81. The SMILES string of the molecule is COc1cc(C=NNC(=O)CSc2nc3ccccc3s2)ccc1OC(=O)c1ccc(C)cc1. The summed E-state index contributed by atoms with van der Waals surface area (Å²) in [4.78, 5) is 29.0. The fourth-order valence-electron chi connectivity index (χ4n) is 2.95. The average molecular weight is 492 g/mol. The molecule has 3 aromatic carbocycles. The van der Waals surface area contributed by atoms with Gasteiger partial charge in [-0.05, 0) is 55.0 Å². The van der Waals surface area contributed by atoms with Gasteiger partial charge >= 0.3 is 5.97 Å². The number of fused-ring (bicyclic) bond motifs is 1. The number of hydrogen-bond donors (Lipinski definition) is 1. The minimum atomic E-state index is -0.474. The second kappa shape index (κ2) is 11.0. The van der Waals surface area contributed by atoms with E-state index in [0.717, 1.165) is 20.1 Å². The number of hydrazone groups is 1. The molecule has 1 aromatic heterocycles. The van der Waals surface area contributed by atoms with Gasteiger partial charge in [-0.1, -0.05) is 41.6 Å². The van der Waals surface area contributed by atoms with Crippen molar-refractivity contribution in [2.75, 3.05) is 12.9 Å². The second-order valence-corrected chi connectivity index (χ2v) is 9.45. The lowest BCUT2D eigenvalue weighted by Gasteiger charge is -2.10. The summed E-state index contributed by atoms with van der Waals surface area (Å²) in [6.07, 6.45) is 1.49. The number of carbonyl (C=O) groups is 2. The van der Waals surface area contributed by atoms with Crippen LogP contribution in [0.4, 0.5) is 0 Å². The van der Waals surface area contributed by atoms with E-state index in [1.807, 2.05) is 43.3 Å². The lowest BCUT2D eigenvalue weighted by atomic mass is 10.1. The molecule has 0 radical (unpaired) electrons. The van der Waals surface area contributed by atoms with Crippen LogP contribution in [0.15, 0.2) is 76.2 Å². The smallest absolute Gasteiger partial charge is 0.343 e. The van der Waals surface area contributed by atoms with E-state index >= 15 is 0 Å². The number of methoxy groups -OCH3 is 1. The molecule has 0 saturated carbocycles. The second-order valence-electron chi connectivity index (χ2n) is 7.20. The third kappa shape index (κ3) is 6.00. The predicted molar refractivity (Wildman–Crippen MR) is 135 cm³/mol. The van der Waals surface area contributed by atoms with Crippen molar-refractivity contribution in [3.05, 3.63) is 83.4 Å². The summed E-state index contributed by atoms with van der Waals surface area (Å²) in [5, 5.41) is 4.00. The molecule has 9 heteroatoms. The fraction of sp³-hybridized carbons (Fsp3) is 0.120. The number of carbonyl (C=O) groups excluding carboxylic acids is 2. The Balaban J connectivity index is 1.32. The van der Waals surface area contributed by atoms with Gasteiger partial charge in [0.15, 0.2) is 15.8 Å². The molecule has 34 heavy (non-hydrogen) atoms. The molecular formula is C25H21N3O4S2. The Labute approximate surface area is 204 Å². The number of benzene rings is 3. The van der Waals surface area contributed by atoms with Gasteiger partial charge in [-0.2, -0.15) is 5.10 Å². The molecule has 0 aliphatic carbocycles. The number of para-hydroxylation sites is 1. The van der Waals surface area contributed by atoms with E-state index in [1.165, 1.54) is 25.1 Å². The van der Waals surface area contributed by atoms with E-state index in [4.69, 9.17) is 9.47 Å². The van der Waals surface area contributed by atoms with Crippen LogP contribution in [-0.2, 0) is 4.79 Å². The van der Waals surface area contributed by atoms with E-state index in [0.29, 0.717) is 22.6 Å². The number of thioether (sulfide) groups is 1. The molecule has 0 saturated heterocycles. The monoisotopic (exact) mass is 491 g/mol. The van der Waals surface area contributed by atoms with E-state index < -0.39 is 5.97 Å². The van der Waals surface area contributed by atoms with Crippen molar-refractivity contribution in [1.29, 1.82) is 0 Å². The Bertz CT molecular complexity index is 1320. The maximum Gasteiger partial charge on any atom is 0.343 e. The zero-order valence-electron chi connectivity index (χ0n) is 18.5. The number of thiazole rings is 1. The first-order chi connectivity index (χ1) is 16.5. The third-order valence-corrected chi connectivity index (χ3v) is 6.86. The number of rotatable bonds is 8. The minimum Gasteiger partial charge on any atom is -0.493 e. The lowest BCUT2D eigenvalue weighted by Crippen LogP contribution is -2.19. The van der Waals surface area contributed by atoms with Gasteiger partial charge in [0, 0.05) is 0 Å². The Morgan fingerprint density at radius 2 is 1.88 bits per heavy atom. The van der Waals surface area contributed by atoms with Gasteiger partial charge in [0.05, 0.1) is 34.9 Å². The van der Waals surface area contributed by atoms with Crippen molar-refractivity contribution in [3.63, 3.8) is 0 Å². The molecule has 1 N–H and O–H groups in total. The molecule has 0 fully saturated rings. The summed E-state index contributed by atoms with van der Waals surface area (Å²) in [7, 11) is 1.49. The molecule has 1 amide bonds. The molecule has 4 aromatic rings. The summed E-state index contributed by atoms with van der Waals surface area (Å²) < 4.78 is 12.7. The molecule has 0 atom stereocenters. The standard InChI is InChI=1S/C25H21N3O4S2/c1-16-7-10-18(11-8-16)24(30)32-20-12-9-17(13-21(20)31-2)14-26-28-23(29)15-33-25-27-19-5-3-4-6-22(19)34-25/h3-14H,15H2,1-2H3,(H,28,29). The van der Waals surface area contributed by atoms with Crippen LogP contribution in [0, 0.1) is 6.92 Å². The zero-order chi connectivity index (χ0) is 23.9. The van der Waals surface area contributed by atoms with E-state index in [9.17, 15) is 9.59 Å². The van der Waals surface area contributed by atoms with Crippen LogP contribution >= 0.6 is 23.1 Å². The Morgan fingerprint density at radius 3 is 2.65 bits per heavy atom. The van der Waals surface area contributed by atoms with Crippen LogP contribution in [0.1, 0.15) is 21.5 Å². The van der Waals surface area contributed by atoms with Crippen molar-refractivity contribution in [1.82, 2.24) is 10.4 Å². The number of nitrogens with one attached hydrogen (secondary N) is 1. The summed E-state index contributed by atoms with van der Waals surface area (Å²) >= 11 is 2.92. The van der Waals surface area contributed by atoms with Crippen molar-refractivity contribution in [2.45, 2.75) is 11.3 Å². The first kappa shape index (κ1) is 23.5. The van der Waals surface area contributed by atoms with Crippen LogP contribution < -0.4 is 14.9 Å². The maximum absolute atomic E-state index is 12.4. The van der Waals surface area contributed by atoms with E-state index in [-0.39, 0.29) is 11.7 Å². The van der Waals surface area contributed by atoms with Crippen LogP contribution in [0.2, 0.25) is 0 Å². The summed E-state index contributed by atoms with van der Waals surface area (Å²) in [6, 6.07) is 20.0. The highest BCUT2D eigenvalue weighted by Crippen LogP contribution is 2.29. The highest BCUT2D eigenvalue weighted by atomic mass is 32.2. The number of aryl methyl sites for hydroxylation is 1. The van der Waals surface area contributed by atoms with Gasteiger partial charge < -0.3 is 9.47 Å².